The number of ketones is 1. The van der Waals surface area contributed by atoms with Gasteiger partial charge in [-0.1, -0.05) is 25.5 Å². The Morgan fingerprint density at radius 1 is 1.06 bits per heavy atom. The number of Topliss-reactive ketones (excluding diaryl/α,β-unsaturated/α-hetero) is 1. The summed E-state index contributed by atoms with van der Waals surface area (Å²) < 4.78 is 5.14. The van der Waals surface area contributed by atoms with E-state index in [0.717, 1.165) is 58.2 Å². The van der Waals surface area contributed by atoms with Crippen LogP contribution >= 0.6 is 0 Å². The monoisotopic (exact) mass is 472 g/mol. The number of methoxy groups -OCH3 is 1. The first-order chi connectivity index (χ1) is 17.0. The number of aromatic nitrogens is 2. The second-order valence-electron chi connectivity index (χ2n) is 8.88. The lowest BCUT2D eigenvalue weighted by Gasteiger charge is -2.09. The van der Waals surface area contributed by atoms with Crippen molar-refractivity contribution in [2.45, 2.75) is 51.6 Å². The summed E-state index contributed by atoms with van der Waals surface area (Å²) in [5, 5.41) is 4.79. The summed E-state index contributed by atoms with van der Waals surface area (Å²) >= 11 is 0. The molecule has 4 N–H and O–H groups in total. The summed E-state index contributed by atoms with van der Waals surface area (Å²) in [6.07, 6.45) is 3.06. The maximum absolute atomic E-state index is 12.8. The number of rotatable bonds is 11. The number of amides is 1. The van der Waals surface area contributed by atoms with E-state index in [9.17, 15) is 9.59 Å². The average Bonchev–Trinajstić information content (AvgIpc) is 3.23. The second-order valence-corrected chi connectivity index (χ2v) is 8.88. The summed E-state index contributed by atoms with van der Waals surface area (Å²) in [6.45, 7) is 2.54. The molecule has 2 heterocycles. The molecule has 0 spiro atoms. The van der Waals surface area contributed by atoms with Crippen LogP contribution in [-0.2, 0) is 17.8 Å². The Morgan fingerprint density at radius 2 is 1.86 bits per heavy atom. The molecule has 7 nitrogen and oxygen atoms in total. The van der Waals surface area contributed by atoms with Crippen molar-refractivity contribution in [2.75, 3.05) is 7.11 Å². The number of ether oxygens (including phenoxy) is 1. The van der Waals surface area contributed by atoms with E-state index in [2.05, 4.69) is 17.2 Å². The molecular weight excluding hydrogens is 440 g/mol. The molecule has 2 aromatic heterocycles. The largest absolute Gasteiger partial charge is 0.497 e. The van der Waals surface area contributed by atoms with Crippen LogP contribution in [0.4, 0.5) is 0 Å². The molecule has 1 amide bonds. The van der Waals surface area contributed by atoms with Gasteiger partial charge in [0.15, 0.2) is 5.78 Å². The van der Waals surface area contributed by atoms with E-state index < -0.39 is 0 Å². The molecule has 7 heteroatoms. The highest BCUT2D eigenvalue weighted by atomic mass is 16.5. The lowest BCUT2D eigenvalue weighted by atomic mass is 10.0. The van der Waals surface area contributed by atoms with Gasteiger partial charge in [0.1, 0.15) is 11.4 Å². The standard InChI is InChI=1S/C28H32N4O3/c1-3-4-20(29)16-21-8-11-23-24-15-19(7-12-25(24)32-28(23)31-21)26(33)13-14-27(34)30-17-18-5-9-22(35-2)10-6-18/h5-12,15,20H,3-4,13-14,16-17,29H2,1-2H3,(H,30,34)(H,31,32). The van der Waals surface area contributed by atoms with E-state index in [-0.39, 0.29) is 30.6 Å². The Labute approximate surface area is 205 Å². The van der Waals surface area contributed by atoms with Crippen LogP contribution in [0.5, 0.6) is 5.75 Å². The highest BCUT2D eigenvalue weighted by Crippen LogP contribution is 2.26. The average molecular weight is 473 g/mol. The van der Waals surface area contributed by atoms with Crippen molar-refractivity contribution in [3.63, 3.8) is 0 Å². The Morgan fingerprint density at radius 3 is 2.60 bits per heavy atom. The molecule has 4 rings (SSSR count). The van der Waals surface area contributed by atoms with Gasteiger partial charge >= 0.3 is 0 Å². The minimum Gasteiger partial charge on any atom is -0.497 e. The van der Waals surface area contributed by atoms with Gasteiger partial charge in [0.25, 0.3) is 0 Å². The molecule has 1 unspecified atom stereocenters. The fourth-order valence-electron chi connectivity index (χ4n) is 4.25. The predicted octanol–water partition coefficient (Wildman–Crippen LogP) is 4.67. The summed E-state index contributed by atoms with van der Waals surface area (Å²) in [4.78, 5) is 33.1. The maximum atomic E-state index is 12.8. The zero-order chi connectivity index (χ0) is 24.8. The Kier molecular flexibility index (Phi) is 7.77. The van der Waals surface area contributed by atoms with Gasteiger partial charge < -0.3 is 20.8 Å². The molecule has 35 heavy (non-hydrogen) atoms. The minimum atomic E-state index is -0.152. The molecule has 1 atom stereocenters. The number of pyridine rings is 1. The van der Waals surface area contributed by atoms with Crippen molar-refractivity contribution < 1.29 is 14.3 Å². The molecule has 0 bridgehead atoms. The van der Waals surface area contributed by atoms with Crippen molar-refractivity contribution in [3.05, 3.63) is 71.4 Å². The van der Waals surface area contributed by atoms with Gasteiger partial charge in [-0.25, -0.2) is 4.98 Å². The van der Waals surface area contributed by atoms with E-state index in [1.165, 1.54) is 0 Å². The number of aromatic amines is 1. The third-order valence-electron chi connectivity index (χ3n) is 6.20. The molecule has 0 fully saturated rings. The van der Waals surface area contributed by atoms with Crippen LogP contribution < -0.4 is 15.8 Å². The second kappa shape index (κ2) is 11.1. The minimum absolute atomic E-state index is 0.0593. The fraction of sp³-hybridized carbons (Fsp3) is 0.321. The first kappa shape index (κ1) is 24.4. The number of nitrogens with two attached hydrogens (primary N) is 1. The van der Waals surface area contributed by atoms with Gasteiger partial charge in [0.05, 0.1) is 7.11 Å². The number of nitrogens with one attached hydrogen (secondary N) is 2. The number of nitrogens with zero attached hydrogens (tertiary/aromatic N) is 1. The predicted molar refractivity (Wildman–Crippen MR) is 139 cm³/mol. The summed E-state index contributed by atoms with van der Waals surface area (Å²) in [5.74, 6) is 0.557. The smallest absolute Gasteiger partial charge is 0.220 e. The first-order valence-electron chi connectivity index (χ1n) is 12.1. The van der Waals surface area contributed by atoms with E-state index in [1.807, 2.05) is 48.5 Å². The first-order valence-corrected chi connectivity index (χ1v) is 12.1. The lowest BCUT2D eigenvalue weighted by Crippen LogP contribution is -2.23. The Hall–Kier alpha value is -3.71. The van der Waals surface area contributed by atoms with Crippen LogP contribution in [0.25, 0.3) is 21.9 Å². The van der Waals surface area contributed by atoms with Crippen LogP contribution in [-0.4, -0.2) is 34.8 Å². The molecule has 0 aliphatic heterocycles. The number of hydrogen-bond donors (Lipinski definition) is 3. The molecule has 0 aliphatic rings. The third kappa shape index (κ3) is 6.05. The topological polar surface area (TPSA) is 110 Å². The molecule has 0 radical (unpaired) electrons. The van der Waals surface area contributed by atoms with Gasteiger partial charge in [-0.15, -0.1) is 0 Å². The molecule has 0 saturated heterocycles. The van der Waals surface area contributed by atoms with Gasteiger partial charge in [-0.05, 0) is 54.4 Å². The fourth-order valence-corrected chi connectivity index (χ4v) is 4.25. The Balaban J connectivity index is 1.38. The zero-order valence-corrected chi connectivity index (χ0v) is 20.3. The van der Waals surface area contributed by atoms with Crippen molar-refractivity contribution in [1.82, 2.24) is 15.3 Å². The number of carbonyl (C=O) groups excluding carboxylic acids is 2. The van der Waals surface area contributed by atoms with Gasteiger partial charge in [-0.3, -0.25) is 9.59 Å². The lowest BCUT2D eigenvalue weighted by molar-refractivity contribution is -0.121. The maximum Gasteiger partial charge on any atom is 0.220 e. The number of H-pyrrole nitrogens is 1. The van der Waals surface area contributed by atoms with Crippen LogP contribution in [0.15, 0.2) is 54.6 Å². The number of fused-ring (bicyclic) bond motifs is 3. The molecular formula is C28H32N4O3. The number of benzene rings is 2. The molecule has 0 saturated carbocycles. The Bertz CT molecular complexity index is 1330. The van der Waals surface area contributed by atoms with Gasteiger partial charge in [0.2, 0.25) is 5.91 Å². The number of carbonyl (C=O) groups is 2. The van der Waals surface area contributed by atoms with E-state index in [0.29, 0.717) is 12.1 Å². The highest BCUT2D eigenvalue weighted by Gasteiger charge is 2.13. The molecule has 4 aromatic rings. The van der Waals surface area contributed by atoms with Crippen LogP contribution in [0.3, 0.4) is 0 Å². The van der Waals surface area contributed by atoms with Crippen LogP contribution in [0, 0.1) is 0 Å². The van der Waals surface area contributed by atoms with Gasteiger partial charge in [-0.2, -0.15) is 0 Å². The van der Waals surface area contributed by atoms with Crippen LogP contribution in [0.2, 0.25) is 0 Å². The van der Waals surface area contributed by atoms with E-state index in [1.54, 1.807) is 13.2 Å². The quantitative estimate of drug-likeness (QED) is 0.275. The summed E-state index contributed by atoms with van der Waals surface area (Å²) in [5.41, 5.74) is 10.4. The number of hydrogen-bond acceptors (Lipinski definition) is 5. The van der Waals surface area contributed by atoms with E-state index in [4.69, 9.17) is 15.5 Å². The van der Waals surface area contributed by atoms with Crippen molar-refractivity contribution in [2.24, 2.45) is 5.73 Å². The van der Waals surface area contributed by atoms with Gasteiger partial charge in [0, 0.05) is 59.4 Å². The normalized spacial score (nSPS) is 12.1. The molecule has 182 valence electrons. The summed E-state index contributed by atoms with van der Waals surface area (Å²) in [7, 11) is 1.61. The van der Waals surface area contributed by atoms with Crippen molar-refractivity contribution in [3.8, 4) is 5.75 Å². The molecule has 0 aliphatic carbocycles. The molecule has 2 aromatic carbocycles. The van der Waals surface area contributed by atoms with E-state index >= 15 is 0 Å². The van der Waals surface area contributed by atoms with Crippen molar-refractivity contribution in [1.29, 1.82) is 0 Å². The SMILES string of the molecule is CCCC(N)Cc1ccc2c(n1)[nH]c1ccc(C(=O)CCC(=O)NCc3ccc(OC)cc3)cc12. The zero-order valence-electron chi connectivity index (χ0n) is 20.3. The summed E-state index contributed by atoms with van der Waals surface area (Å²) in [6, 6.07) is 17.2. The van der Waals surface area contributed by atoms with Crippen molar-refractivity contribution >= 4 is 33.6 Å². The van der Waals surface area contributed by atoms with Crippen LogP contribution in [0.1, 0.15) is 54.2 Å². The third-order valence-corrected chi connectivity index (χ3v) is 6.20. The highest BCUT2D eigenvalue weighted by molar-refractivity contribution is 6.09.